The van der Waals surface area contributed by atoms with E-state index in [0.29, 0.717) is 12.3 Å². The SMILES string of the molecule is CC(CC(=O)NCCC1CCNC1)c1cccc(F)c1.Cl. The Labute approximate surface area is 132 Å². The fraction of sp³-hybridized carbons (Fsp3) is 0.562. The molecule has 1 heterocycles. The Bertz CT molecular complexity index is 450. The molecule has 3 nitrogen and oxygen atoms in total. The summed E-state index contributed by atoms with van der Waals surface area (Å²) in [7, 11) is 0. The molecule has 2 N–H and O–H groups in total. The van der Waals surface area contributed by atoms with E-state index in [1.54, 1.807) is 6.07 Å². The first-order chi connectivity index (χ1) is 9.65. The van der Waals surface area contributed by atoms with Crippen molar-refractivity contribution in [1.29, 1.82) is 0 Å². The van der Waals surface area contributed by atoms with Crippen LogP contribution in [0.15, 0.2) is 24.3 Å². The van der Waals surface area contributed by atoms with Crippen LogP contribution in [0.3, 0.4) is 0 Å². The van der Waals surface area contributed by atoms with Crippen LogP contribution in [-0.4, -0.2) is 25.5 Å². The van der Waals surface area contributed by atoms with Crippen molar-refractivity contribution < 1.29 is 9.18 Å². The number of hydrogen-bond acceptors (Lipinski definition) is 2. The van der Waals surface area contributed by atoms with Gasteiger partial charge in [-0.15, -0.1) is 12.4 Å². The van der Waals surface area contributed by atoms with Crippen LogP contribution in [0.2, 0.25) is 0 Å². The van der Waals surface area contributed by atoms with E-state index in [0.717, 1.165) is 31.6 Å². The number of benzene rings is 1. The van der Waals surface area contributed by atoms with Crippen LogP contribution in [0.4, 0.5) is 4.39 Å². The van der Waals surface area contributed by atoms with E-state index in [1.165, 1.54) is 18.6 Å². The zero-order chi connectivity index (χ0) is 14.4. The molecule has 1 amide bonds. The summed E-state index contributed by atoms with van der Waals surface area (Å²) in [5.41, 5.74) is 0.875. The molecular weight excluding hydrogens is 291 g/mol. The van der Waals surface area contributed by atoms with Crippen LogP contribution < -0.4 is 10.6 Å². The minimum Gasteiger partial charge on any atom is -0.356 e. The van der Waals surface area contributed by atoms with Gasteiger partial charge in [0.05, 0.1) is 0 Å². The maximum atomic E-state index is 13.1. The van der Waals surface area contributed by atoms with Gasteiger partial charge < -0.3 is 10.6 Å². The molecule has 0 bridgehead atoms. The number of nitrogens with one attached hydrogen (secondary N) is 2. The highest BCUT2D eigenvalue weighted by Crippen LogP contribution is 2.19. The molecule has 1 saturated heterocycles. The fourth-order valence-corrected chi connectivity index (χ4v) is 2.66. The first-order valence-electron chi connectivity index (χ1n) is 7.38. The van der Waals surface area contributed by atoms with E-state index in [-0.39, 0.29) is 30.0 Å². The number of carbonyl (C=O) groups excluding carboxylic acids is 1. The van der Waals surface area contributed by atoms with Gasteiger partial charge >= 0.3 is 0 Å². The number of rotatable bonds is 6. The van der Waals surface area contributed by atoms with Crippen LogP contribution in [0.5, 0.6) is 0 Å². The third-order valence-corrected chi connectivity index (χ3v) is 3.95. The van der Waals surface area contributed by atoms with Gasteiger partial charge in [0.1, 0.15) is 5.82 Å². The minimum absolute atomic E-state index is 0. The average Bonchev–Trinajstić information content (AvgIpc) is 2.92. The highest BCUT2D eigenvalue weighted by molar-refractivity contribution is 5.85. The molecular formula is C16H24ClFN2O. The molecule has 0 aliphatic carbocycles. The second-order valence-corrected chi connectivity index (χ2v) is 5.66. The van der Waals surface area contributed by atoms with Gasteiger partial charge in [-0.2, -0.15) is 0 Å². The molecule has 21 heavy (non-hydrogen) atoms. The zero-order valence-electron chi connectivity index (χ0n) is 12.4. The van der Waals surface area contributed by atoms with Crippen LogP contribution in [-0.2, 0) is 4.79 Å². The molecule has 1 aliphatic heterocycles. The van der Waals surface area contributed by atoms with Gasteiger partial charge in [-0.25, -0.2) is 4.39 Å². The van der Waals surface area contributed by atoms with Crippen LogP contribution in [0.25, 0.3) is 0 Å². The summed E-state index contributed by atoms with van der Waals surface area (Å²) in [5, 5.41) is 6.29. The summed E-state index contributed by atoms with van der Waals surface area (Å²) in [4.78, 5) is 11.9. The van der Waals surface area contributed by atoms with Gasteiger partial charge in [-0.1, -0.05) is 19.1 Å². The molecule has 2 rings (SSSR count). The molecule has 0 spiro atoms. The van der Waals surface area contributed by atoms with E-state index in [1.807, 2.05) is 13.0 Å². The molecule has 0 radical (unpaired) electrons. The molecule has 118 valence electrons. The fourth-order valence-electron chi connectivity index (χ4n) is 2.66. The van der Waals surface area contributed by atoms with Gasteiger partial charge in [0.15, 0.2) is 0 Å². The average molecular weight is 315 g/mol. The lowest BCUT2D eigenvalue weighted by Gasteiger charge is -2.13. The maximum absolute atomic E-state index is 13.1. The number of amides is 1. The lowest BCUT2D eigenvalue weighted by atomic mass is 9.97. The van der Waals surface area contributed by atoms with E-state index in [9.17, 15) is 9.18 Å². The highest BCUT2D eigenvalue weighted by atomic mass is 35.5. The van der Waals surface area contributed by atoms with Gasteiger partial charge in [0.25, 0.3) is 0 Å². The largest absolute Gasteiger partial charge is 0.356 e. The molecule has 1 aromatic rings. The molecule has 0 aromatic heterocycles. The standard InChI is InChI=1S/C16H23FN2O.ClH/c1-12(14-3-2-4-15(17)10-14)9-16(20)19-8-6-13-5-7-18-11-13;/h2-4,10,12-13,18H,5-9,11H2,1H3,(H,19,20);1H. The third-order valence-electron chi connectivity index (χ3n) is 3.95. The topological polar surface area (TPSA) is 41.1 Å². The minimum atomic E-state index is -0.247. The molecule has 0 saturated carbocycles. The number of hydrogen-bond donors (Lipinski definition) is 2. The number of halogens is 2. The second kappa shape index (κ2) is 9.00. The van der Waals surface area contributed by atoms with E-state index < -0.39 is 0 Å². The van der Waals surface area contributed by atoms with E-state index >= 15 is 0 Å². The Morgan fingerprint density at radius 3 is 3.00 bits per heavy atom. The Balaban J connectivity index is 0.00000220. The summed E-state index contributed by atoms with van der Waals surface area (Å²) < 4.78 is 13.1. The summed E-state index contributed by atoms with van der Waals surface area (Å²) in [6.07, 6.45) is 2.65. The maximum Gasteiger partial charge on any atom is 0.220 e. The molecule has 1 aromatic carbocycles. The lowest BCUT2D eigenvalue weighted by Crippen LogP contribution is -2.27. The number of carbonyl (C=O) groups is 1. The summed E-state index contributed by atoms with van der Waals surface area (Å²) in [6.45, 7) is 4.85. The predicted octanol–water partition coefficient (Wildman–Crippen LogP) is 2.86. The first kappa shape index (κ1) is 17.9. The molecule has 1 aliphatic rings. The highest BCUT2D eigenvalue weighted by Gasteiger charge is 2.15. The van der Waals surface area contributed by atoms with Gasteiger partial charge in [0.2, 0.25) is 5.91 Å². The predicted molar refractivity (Wildman–Crippen MR) is 85.3 cm³/mol. The van der Waals surface area contributed by atoms with Gasteiger partial charge in [-0.3, -0.25) is 4.79 Å². The monoisotopic (exact) mass is 314 g/mol. The van der Waals surface area contributed by atoms with E-state index in [2.05, 4.69) is 10.6 Å². The van der Waals surface area contributed by atoms with Crippen LogP contribution in [0, 0.1) is 11.7 Å². The third kappa shape index (κ3) is 6.02. The molecule has 5 heteroatoms. The second-order valence-electron chi connectivity index (χ2n) is 5.66. The van der Waals surface area contributed by atoms with Crippen molar-refractivity contribution in [1.82, 2.24) is 10.6 Å². The Morgan fingerprint density at radius 1 is 1.52 bits per heavy atom. The van der Waals surface area contributed by atoms with Crippen molar-refractivity contribution in [2.75, 3.05) is 19.6 Å². The van der Waals surface area contributed by atoms with Gasteiger partial charge in [0, 0.05) is 13.0 Å². The normalized spacial score (nSPS) is 18.9. The smallest absolute Gasteiger partial charge is 0.220 e. The van der Waals surface area contributed by atoms with Crippen molar-refractivity contribution in [2.45, 2.75) is 32.1 Å². The quantitative estimate of drug-likeness (QED) is 0.847. The summed E-state index contributed by atoms with van der Waals surface area (Å²) in [5.74, 6) is 0.533. The lowest BCUT2D eigenvalue weighted by molar-refractivity contribution is -0.121. The summed E-state index contributed by atoms with van der Waals surface area (Å²) >= 11 is 0. The molecule has 2 unspecified atom stereocenters. The first-order valence-corrected chi connectivity index (χ1v) is 7.38. The van der Waals surface area contributed by atoms with Crippen molar-refractivity contribution in [2.24, 2.45) is 5.92 Å². The van der Waals surface area contributed by atoms with E-state index in [4.69, 9.17) is 0 Å². The van der Waals surface area contributed by atoms with Crippen molar-refractivity contribution in [3.8, 4) is 0 Å². The van der Waals surface area contributed by atoms with Crippen LogP contribution in [0.1, 0.15) is 37.7 Å². The van der Waals surface area contributed by atoms with Crippen molar-refractivity contribution >= 4 is 18.3 Å². The Morgan fingerprint density at radius 2 is 2.33 bits per heavy atom. The Kier molecular flexibility index (Phi) is 7.68. The van der Waals surface area contributed by atoms with Gasteiger partial charge in [-0.05, 0) is 55.5 Å². The van der Waals surface area contributed by atoms with Crippen LogP contribution >= 0.6 is 12.4 Å². The zero-order valence-corrected chi connectivity index (χ0v) is 13.2. The van der Waals surface area contributed by atoms with Crippen molar-refractivity contribution in [3.63, 3.8) is 0 Å². The molecule has 1 fully saturated rings. The summed E-state index contributed by atoms with van der Waals surface area (Å²) in [6, 6.07) is 6.48. The Hall–Kier alpha value is -1.13. The van der Waals surface area contributed by atoms with Crippen molar-refractivity contribution in [3.05, 3.63) is 35.6 Å². The molecule has 2 atom stereocenters.